The molecule has 2 heteroatoms. The van der Waals surface area contributed by atoms with Crippen LogP contribution >= 0.6 is 0 Å². The van der Waals surface area contributed by atoms with E-state index in [0.29, 0.717) is 6.04 Å². The first-order valence-corrected chi connectivity index (χ1v) is 8.47. The molecule has 19 heavy (non-hydrogen) atoms. The average Bonchev–Trinajstić information content (AvgIpc) is 2.62. The minimum atomic E-state index is 0.283. The van der Waals surface area contributed by atoms with Gasteiger partial charge in [0, 0.05) is 18.1 Å². The largest absolute Gasteiger partial charge is 0.310 e. The Morgan fingerprint density at radius 2 is 1.95 bits per heavy atom. The summed E-state index contributed by atoms with van der Waals surface area (Å²) in [6.45, 7) is 15.3. The van der Waals surface area contributed by atoms with Gasteiger partial charge in [-0.3, -0.25) is 4.90 Å². The van der Waals surface area contributed by atoms with E-state index in [1.165, 1.54) is 51.6 Å². The van der Waals surface area contributed by atoms with Gasteiger partial charge < -0.3 is 5.32 Å². The lowest BCUT2D eigenvalue weighted by Gasteiger charge is -2.32. The lowest BCUT2D eigenvalue weighted by molar-refractivity contribution is 0.195. The Bertz CT molecular complexity index is 237. The van der Waals surface area contributed by atoms with Crippen LogP contribution in [0.1, 0.15) is 73.1 Å². The van der Waals surface area contributed by atoms with Gasteiger partial charge in [-0.1, -0.05) is 26.7 Å². The van der Waals surface area contributed by atoms with Crippen molar-refractivity contribution in [2.45, 2.75) is 84.7 Å². The van der Waals surface area contributed by atoms with Gasteiger partial charge >= 0.3 is 0 Å². The second-order valence-electron chi connectivity index (χ2n) is 7.09. The number of rotatable bonds is 7. The second kappa shape index (κ2) is 8.26. The standard InChI is InChI=1S/C17H36N2/c1-6-9-16-10-8-12-19(13-11-16)15(3)14-18-17(4,5)7-2/h15-16,18H,6-14H2,1-5H3. The van der Waals surface area contributed by atoms with E-state index in [1.54, 1.807) is 0 Å². The van der Waals surface area contributed by atoms with Crippen LogP contribution in [0.4, 0.5) is 0 Å². The van der Waals surface area contributed by atoms with Crippen LogP contribution in [0.3, 0.4) is 0 Å². The van der Waals surface area contributed by atoms with Crippen molar-refractivity contribution in [1.29, 1.82) is 0 Å². The Balaban J connectivity index is 2.34. The summed E-state index contributed by atoms with van der Waals surface area (Å²) in [4.78, 5) is 2.70. The first-order valence-electron chi connectivity index (χ1n) is 8.47. The van der Waals surface area contributed by atoms with Gasteiger partial charge in [0.25, 0.3) is 0 Å². The van der Waals surface area contributed by atoms with Crippen LogP contribution in [-0.4, -0.2) is 36.1 Å². The van der Waals surface area contributed by atoms with Gasteiger partial charge in [-0.2, -0.15) is 0 Å². The van der Waals surface area contributed by atoms with Crippen molar-refractivity contribution in [3.05, 3.63) is 0 Å². The summed E-state index contributed by atoms with van der Waals surface area (Å²) >= 11 is 0. The van der Waals surface area contributed by atoms with Gasteiger partial charge in [0.05, 0.1) is 0 Å². The smallest absolute Gasteiger partial charge is 0.0192 e. The highest BCUT2D eigenvalue weighted by Crippen LogP contribution is 2.23. The summed E-state index contributed by atoms with van der Waals surface area (Å²) < 4.78 is 0. The maximum absolute atomic E-state index is 3.72. The zero-order valence-corrected chi connectivity index (χ0v) is 14.0. The molecule has 2 atom stereocenters. The van der Waals surface area contributed by atoms with Gasteiger partial charge in [-0.15, -0.1) is 0 Å². The fourth-order valence-corrected chi connectivity index (χ4v) is 3.00. The summed E-state index contributed by atoms with van der Waals surface area (Å²) in [6.07, 6.45) is 8.24. The molecule has 1 N–H and O–H groups in total. The molecule has 1 aliphatic heterocycles. The molecule has 0 aliphatic carbocycles. The molecule has 1 fully saturated rings. The highest BCUT2D eigenvalue weighted by molar-refractivity contribution is 4.80. The Labute approximate surface area is 121 Å². The lowest BCUT2D eigenvalue weighted by atomic mass is 9.96. The van der Waals surface area contributed by atoms with Crippen LogP contribution in [0, 0.1) is 5.92 Å². The summed E-state index contributed by atoms with van der Waals surface area (Å²) in [7, 11) is 0. The zero-order chi connectivity index (χ0) is 14.3. The third kappa shape index (κ3) is 6.27. The molecule has 0 aromatic rings. The molecule has 1 rings (SSSR count). The zero-order valence-electron chi connectivity index (χ0n) is 14.0. The number of nitrogens with zero attached hydrogens (tertiary/aromatic N) is 1. The summed E-state index contributed by atoms with van der Waals surface area (Å²) in [6, 6.07) is 0.672. The highest BCUT2D eigenvalue weighted by atomic mass is 15.2. The van der Waals surface area contributed by atoms with Crippen LogP contribution in [-0.2, 0) is 0 Å². The van der Waals surface area contributed by atoms with E-state index in [0.717, 1.165) is 12.5 Å². The van der Waals surface area contributed by atoms with Gasteiger partial charge in [-0.25, -0.2) is 0 Å². The van der Waals surface area contributed by atoms with E-state index in [2.05, 4.69) is 44.8 Å². The molecule has 0 spiro atoms. The number of hydrogen-bond donors (Lipinski definition) is 1. The average molecular weight is 268 g/mol. The van der Waals surface area contributed by atoms with Gasteiger partial charge in [0.2, 0.25) is 0 Å². The molecule has 0 aromatic heterocycles. The van der Waals surface area contributed by atoms with Gasteiger partial charge in [-0.05, 0) is 65.5 Å². The maximum Gasteiger partial charge on any atom is 0.0192 e. The quantitative estimate of drug-likeness (QED) is 0.749. The Hall–Kier alpha value is -0.0800. The minimum absolute atomic E-state index is 0.283. The molecule has 2 nitrogen and oxygen atoms in total. The Morgan fingerprint density at radius 3 is 2.58 bits per heavy atom. The molecule has 0 radical (unpaired) electrons. The maximum atomic E-state index is 3.72. The van der Waals surface area contributed by atoms with Crippen LogP contribution in [0.2, 0.25) is 0 Å². The molecule has 114 valence electrons. The normalized spacial score (nSPS) is 24.2. The summed E-state index contributed by atoms with van der Waals surface area (Å²) in [5.41, 5.74) is 0.283. The van der Waals surface area contributed by atoms with Crippen molar-refractivity contribution in [3.8, 4) is 0 Å². The van der Waals surface area contributed by atoms with E-state index in [4.69, 9.17) is 0 Å². The van der Waals surface area contributed by atoms with Crippen LogP contribution in [0.25, 0.3) is 0 Å². The summed E-state index contributed by atoms with van der Waals surface area (Å²) in [5, 5.41) is 3.72. The third-order valence-electron chi connectivity index (χ3n) is 4.96. The Morgan fingerprint density at radius 1 is 1.21 bits per heavy atom. The molecule has 1 aliphatic rings. The van der Waals surface area contributed by atoms with Crippen molar-refractivity contribution < 1.29 is 0 Å². The molecule has 1 saturated heterocycles. The monoisotopic (exact) mass is 268 g/mol. The molecular formula is C17H36N2. The molecule has 0 bridgehead atoms. The first kappa shape index (κ1) is 17.0. The first-order chi connectivity index (χ1) is 8.98. The number of hydrogen-bond acceptors (Lipinski definition) is 2. The predicted octanol–water partition coefficient (Wildman–Crippen LogP) is 4.06. The van der Waals surface area contributed by atoms with Crippen LogP contribution in [0.5, 0.6) is 0 Å². The van der Waals surface area contributed by atoms with Crippen molar-refractivity contribution in [3.63, 3.8) is 0 Å². The summed E-state index contributed by atoms with van der Waals surface area (Å²) in [5.74, 6) is 0.988. The lowest BCUT2D eigenvalue weighted by Crippen LogP contribution is -2.47. The minimum Gasteiger partial charge on any atom is -0.310 e. The molecule has 1 heterocycles. The SMILES string of the molecule is CCCC1CCCN(C(C)CNC(C)(C)CC)CC1. The topological polar surface area (TPSA) is 15.3 Å². The number of nitrogens with one attached hydrogen (secondary N) is 1. The predicted molar refractivity (Wildman–Crippen MR) is 85.7 cm³/mol. The van der Waals surface area contributed by atoms with E-state index in [9.17, 15) is 0 Å². The van der Waals surface area contributed by atoms with Gasteiger partial charge in [0.15, 0.2) is 0 Å². The second-order valence-corrected chi connectivity index (χ2v) is 7.09. The highest BCUT2D eigenvalue weighted by Gasteiger charge is 2.22. The van der Waals surface area contributed by atoms with E-state index < -0.39 is 0 Å². The van der Waals surface area contributed by atoms with Crippen molar-refractivity contribution >= 4 is 0 Å². The van der Waals surface area contributed by atoms with Crippen LogP contribution in [0.15, 0.2) is 0 Å². The van der Waals surface area contributed by atoms with Gasteiger partial charge in [0.1, 0.15) is 0 Å². The molecule has 0 aromatic carbocycles. The van der Waals surface area contributed by atoms with Crippen molar-refractivity contribution in [2.75, 3.05) is 19.6 Å². The molecule has 2 unspecified atom stereocenters. The van der Waals surface area contributed by atoms with E-state index >= 15 is 0 Å². The fourth-order valence-electron chi connectivity index (χ4n) is 3.00. The fraction of sp³-hybridized carbons (Fsp3) is 1.00. The van der Waals surface area contributed by atoms with E-state index in [1.807, 2.05) is 0 Å². The van der Waals surface area contributed by atoms with Crippen molar-refractivity contribution in [1.82, 2.24) is 10.2 Å². The Kier molecular flexibility index (Phi) is 7.38. The molecule has 0 amide bonds. The number of likely N-dealkylation sites (tertiary alicyclic amines) is 1. The van der Waals surface area contributed by atoms with Crippen LogP contribution < -0.4 is 5.32 Å². The van der Waals surface area contributed by atoms with Crippen molar-refractivity contribution in [2.24, 2.45) is 5.92 Å². The molecular weight excluding hydrogens is 232 g/mol. The van der Waals surface area contributed by atoms with E-state index in [-0.39, 0.29) is 5.54 Å². The third-order valence-corrected chi connectivity index (χ3v) is 4.96. The molecule has 0 saturated carbocycles.